The molecule has 0 aliphatic rings. The lowest BCUT2D eigenvalue weighted by Crippen LogP contribution is -2.28. The minimum absolute atomic E-state index is 0.0533. The number of carbonyl (C=O) groups is 1. The number of nitrogens with one attached hydrogen (secondary N) is 1. The van der Waals surface area contributed by atoms with Gasteiger partial charge in [-0.1, -0.05) is 31.5 Å². The highest BCUT2D eigenvalue weighted by atomic mass is 16.5. The lowest BCUT2D eigenvalue weighted by atomic mass is 10.2. The summed E-state index contributed by atoms with van der Waals surface area (Å²) in [4.78, 5) is 18.3. The third-order valence-corrected chi connectivity index (χ3v) is 4.30. The largest absolute Gasteiger partial charge is 0.457 e. The van der Waals surface area contributed by atoms with Crippen molar-refractivity contribution in [2.75, 3.05) is 18.9 Å². The van der Waals surface area contributed by atoms with E-state index < -0.39 is 0 Å². The number of aromatic nitrogens is 1. The fourth-order valence-corrected chi connectivity index (χ4v) is 2.68. The standard InChI is InChI=1S/C23H25N3O2/c1-3-4-16-26(2)23(27)22-15-12-19(17-24-22)25-18-10-13-21(14-11-18)28-20-8-6-5-7-9-20/h5-15,17,25H,3-4,16H2,1-2H3. The Hall–Kier alpha value is -3.34. The first-order chi connectivity index (χ1) is 13.7. The van der Waals surface area contributed by atoms with Crippen LogP contribution in [0.2, 0.25) is 0 Å². The molecule has 1 amide bonds. The molecule has 1 N–H and O–H groups in total. The van der Waals surface area contributed by atoms with Crippen molar-refractivity contribution in [2.24, 2.45) is 0 Å². The fourth-order valence-electron chi connectivity index (χ4n) is 2.68. The molecular formula is C23H25N3O2. The molecule has 0 bridgehead atoms. The van der Waals surface area contributed by atoms with Gasteiger partial charge < -0.3 is 15.0 Å². The number of para-hydroxylation sites is 1. The second-order valence-electron chi connectivity index (χ2n) is 6.58. The first kappa shape index (κ1) is 19.4. The van der Waals surface area contributed by atoms with Crippen LogP contribution in [0.3, 0.4) is 0 Å². The molecule has 0 saturated carbocycles. The van der Waals surface area contributed by atoms with Gasteiger partial charge in [0.15, 0.2) is 0 Å². The summed E-state index contributed by atoms with van der Waals surface area (Å²) in [6.45, 7) is 2.85. The summed E-state index contributed by atoms with van der Waals surface area (Å²) in [5.74, 6) is 1.52. The van der Waals surface area contributed by atoms with Crippen molar-refractivity contribution < 1.29 is 9.53 Å². The van der Waals surface area contributed by atoms with Gasteiger partial charge in [0, 0.05) is 19.3 Å². The van der Waals surface area contributed by atoms with Crippen LogP contribution in [0.5, 0.6) is 11.5 Å². The third-order valence-electron chi connectivity index (χ3n) is 4.30. The predicted molar refractivity (Wildman–Crippen MR) is 112 cm³/mol. The van der Waals surface area contributed by atoms with E-state index in [4.69, 9.17) is 4.74 Å². The molecule has 0 unspecified atom stereocenters. The number of ether oxygens (including phenoxy) is 1. The van der Waals surface area contributed by atoms with Crippen molar-refractivity contribution in [3.63, 3.8) is 0 Å². The Bertz CT molecular complexity index is 878. The number of anilines is 2. The van der Waals surface area contributed by atoms with Gasteiger partial charge in [0.2, 0.25) is 0 Å². The van der Waals surface area contributed by atoms with E-state index in [-0.39, 0.29) is 5.91 Å². The normalized spacial score (nSPS) is 10.4. The molecular weight excluding hydrogens is 350 g/mol. The first-order valence-electron chi connectivity index (χ1n) is 9.47. The van der Waals surface area contributed by atoms with Crippen LogP contribution in [0, 0.1) is 0 Å². The smallest absolute Gasteiger partial charge is 0.272 e. The summed E-state index contributed by atoms with van der Waals surface area (Å²) in [6.07, 6.45) is 3.73. The number of pyridine rings is 1. The monoisotopic (exact) mass is 375 g/mol. The maximum absolute atomic E-state index is 12.3. The van der Waals surface area contributed by atoms with Crippen LogP contribution >= 0.6 is 0 Å². The molecule has 3 aromatic rings. The molecule has 0 saturated heterocycles. The quantitative estimate of drug-likeness (QED) is 0.566. The Morgan fingerprint density at radius 3 is 2.29 bits per heavy atom. The van der Waals surface area contributed by atoms with E-state index in [1.807, 2.05) is 67.7 Å². The molecule has 0 fully saturated rings. The minimum Gasteiger partial charge on any atom is -0.457 e. The number of amides is 1. The molecule has 1 heterocycles. The van der Waals surface area contributed by atoms with Crippen molar-refractivity contribution >= 4 is 17.3 Å². The van der Waals surface area contributed by atoms with E-state index in [0.717, 1.165) is 42.3 Å². The van der Waals surface area contributed by atoms with Crippen LogP contribution in [-0.2, 0) is 0 Å². The lowest BCUT2D eigenvalue weighted by Gasteiger charge is -2.16. The van der Waals surface area contributed by atoms with E-state index in [0.29, 0.717) is 5.69 Å². The molecule has 28 heavy (non-hydrogen) atoms. The Balaban J connectivity index is 1.58. The number of benzene rings is 2. The molecule has 2 aromatic carbocycles. The summed E-state index contributed by atoms with van der Waals surface area (Å²) >= 11 is 0. The van der Waals surface area contributed by atoms with E-state index in [2.05, 4.69) is 17.2 Å². The lowest BCUT2D eigenvalue weighted by molar-refractivity contribution is 0.0787. The van der Waals surface area contributed by atoms with Crippen molar-refractivity contribution in [1.29, 1.82) is 0 Å². The second-order valence-corrected chi connectivity index (χ2v) is 6.58. The number of carbonyl (C=O) groups excluding carboxylic acids is 1. The van der Waals surface area contributed by atoms with Gasteiger partial charge in [0.1, 0.15) is 17.2 Å². The van der Waals surface area contributed by atoms with Crippen LogP contribution < -0.4 is 10.1 Å². The highest BCUT2D eigenvalue weighted by Crippen LogP contribution is 2.24. The maximum atomic E-state index is 12.3. The molecule has 0 aliphatic heterocycles. The average molecular weight is 375 g/mol. The highest BCUT2D eigenvalue weighted by Gasteiger charge is 2.12. The summed E-state index contributed by atoms with van der Waals surface area (Å²) in [6, 6.07) is 21.0. The van der Waals surface area contributed by atoms with Crippen LogP contribution in [0.1, 0.15) is 30.3 Å². The molecule has 0 spiro atoms. The number of hydrogen-bond acceptors (Lipinski definition) is 4. The fraction of sp³-hybridized carbons (Fsp3) is 0.217. The minimum atomic E-state index is -0.0533. The molecule has 1 aromatic heterocycles. The van der Waals surface area contributed by atoms with Crippen molar-refractivity contribution in [3.05, 3.63) is 78.6 Å². The average Bonchev–Trinajstić information content (AvgIpc) is 2.74. The Morgan fingerprint density at radius 1 is 0.964 bits per heavy atom. The summed E-state index contributed by atoms with van der Waals surface area (Å²) in [7, 11) is 1.81. The Morgan fingerprint density at radius 2 is 1.64 bits per heavy atom. The van der Waals surface area contributed by atoms with Gasteiger partial charge in [-0.25, -0.2) is 4.98 Å². The predicted octanol–water partition coefficient (Wildman–Crippen LogP) is 5.49. The summed E-state index contributed by atoms with van der Waals surface area (Å²) in [5, 5.41) is 3.28. The van der Waals surface area contributed by atoms with Gasteiger partial charge in [0.25, 0.3) is 5.91 Å². The van der Waals surface area contributed by atoms with Crippen LogP contribution in [0.4, 0.5) is 11.4 Å². The summed E-state index contributed by atoms with van der Waals surface area (Å²) in [5.41, 5.74) is 2.20. The number of hydrogen-bond donors (Lipinski definition) is 1. The van der Waals surface area contributed by atoms with Gasteiger partial charge in [0.05, 0.1) is 11.9 Å². The zero-order valence-corrected chi connectivity index (χ0v) is 16.3. The van der Waals surface area contributed by atoms with Crippen molar-refractivity contribution in [3.8, 4) is 11.5 Å². The van der Waals surface area contributed by atoms with E-state index in [1.54, 1.807) is 17.2 Å². The summed E-state index contributed by atoms with van der Waals surface area (Å²) < 4.78 is 5.79. The van der Waals surface area contributed by atoms with E-state index in [9.17, 15) is 4.79 Å². The first-order valence-corrected chi connectivity index (χ1v) is 9.47. The highest BCUT2D eigenvalue weighted by molar-refractivity contribution is 5.92. The molecule has 3 rings (SSSR count). The van der Waals surface area contributed by atoms with E-state index >= 15 is 0 Å². The van der Waals surface area contributed by atoms with Crippen molar-refractivity contribution in [1.82, 2.24) is 9.88 Å². The molecule has 0 atom stereocenters. The number of rotatable bonds is 8. The molecule has 5 heteroatoms. The van der Waals surface area contributed by atoms with Gasteiger partial charge in [-0.05, 0) is 55.0 Å². The van der Waals surface area contributed by atoms with Crippen LogP contribution in [0.25, 0.3) is 0 Å². The maximum Gasteiger partial charge on any atom is 0.272 e. The molecule has 0 radical (unpaired) electrons. The zero-order chi connectivity index (χ0) is 19.8. The van der Waals surface area contributed by atoms with Gasteiger partial charge >= 0.3 is 0 Å². The SMILES string of the molecule is CCCCN(C)C(=O)c1ccc(Nc2ccc(Oc3ccccc3)cc2)cn1. The molecule has 144 valence electrons. The third kappa shape index (κ3) is 5.33. The topological polar surface area (TPSA) is 54.5 Å². The molecule has 5 nitrogen and oxygen atoms in total. The Kier molecular flexibility index (Phi) is 6.63. The zero-order valence-electron chi connectivity index (χ0n) is 16.3. The van der Waals surface area contributed by atoms with Crippen LogP contribution in [0.15, 0.2) is 72.9 Å². The van der Waals surface area contributed by atoms with Gasteiger partial charge in [-0.2, -0.15) is 0 Å². The molecule has 0 aliphatic carbocycles. The van der Waals surface area contributed by atoms with Crippen molar-refractivity contribution in [2.45, 2.75) is 19.8 Å². The second kappa shape index (κ2) is 9.55. The van der Waals surface area contributed by atoms with Gasteiger partial charge in [-0.3, -0.25) is 4.79 Å². The van der Waals surface area contributed by atoms with Gasteiger partial charge in [-0.15, -0.1) is 0 Å². The van der Waals surface area contributed by atoms with Crippen LogP contribution in [-0.4, -0.2) is 29.4 Å². The number of unbranched alkanes of at least 4 members (excludes halogenated alkanes) is 1. The number of nitrogens with zero attached hydrogens (tertiary/aromatic N) is 2. The van der Waals surface area contributed by atoms with E-state index in [1.165, 1.54) is 0 Å². The Labute approximate surface area is 166 Å².